The number of anilines is 1. The van der Waals surface area contributed by atoms with Gasteiger partial charge in [0.1, 0.15) is 17.2 Å². The highest BCUT2D eigenvalue weighted by molar-refractivity contribution is 14.1. The molecule has 1 heterocycles. The van der Waals surface area contributed by atoms with E-state index >= 15 is 0 Å². The van der Waals surface area contributed by atoms with Gasteiger partial charge in [0.15, 0.2) is 0 Å². The lowest BCUT2D eigenvalue weighted by atomic mass is 10.2. The van der Waals surface area contributed by atoms with Crippen LogP contribution in [0.25, 0.3) is 6.08 Å². The zero-order valence-corrected chi connectivity index (χ0v) is 17.6. The van der Waals surface area contributed by atoms with E-state index in [9.17, 15) is 9.59 Å². The van der Waals surface area contributed by atoms with Crippen LogP contribution in [-0.2, 0) is 4.79 Å². The predicted molar refractivity (Wildman–Crippen MR) is 118 cm³/mol. The molecule has 0 radical (unpaired) electrons. The van der Waals surface area contributed by atoms with Crippen LogP contribution in [0.3, 0.4) is 0 Å². The SMILES string of the molecule is Cc1cccc(NC(=O)/C(=C\c2ccc(C)o2)NC(=O)c2ccccc2I)c1. The van der Waals surface area contributed by atoms with Gasteiger partial charge in [0.2, 0.25) is 0 Å². The van der Waals surface area contributed by atoms with Crippen molar-refractivity contribution in [3.63, 3.8) is 0 Å². The quantitative estimate of drug-likeness (QED) is 0.398. The monoisotopic (exact) mass is 486 g/mol. The zero-order chi connectivity index (χ0) is 20.1. The van der Waals surface area contributed by atoms with Gasteiger partial charge >= 0.3 is 0 Å². The number of hydrogen-bond donors (Lipinski definition) is 2. The summed E-state index contributed by atoms with van der Waals surface area (Å²) in [5.41, 5.74) is 2.26. The molecule has 1 aromatic heterocycles. The van der Waals surface area contributed by atoms with Crippen LogP contribution in [0.4, 0.5) is 5.69 Å². The molecule has 142 valence electrons. The average Bonchev–Trinajstić information content (AvgIpc) is 3.06. The molecule has 0 atom stereocenters. The number of hydrogen-bond acceptors (Lipinski definition) is 3. The fraction of sp³-hybridized carbons (Fsp3) is 0.0909. The topological polar surface area (TPSA) is 71.3 Å². The Labute approximate surface area is 177 Å². The van der Waals surface area contributed by atoms with Gasteiger partial charge in [-0.1, -0.05) is 24.3 Å². The van der Waals surface area contributed by atoms with E-state index in [4.69, 9.17) is 4.42 Å². The Balaban J connectivity index is 1.88. The molecule has 0 spiro atoms. The van der Waals surface area contributed by atoms with Crippen molar-refractivity contribution in [2.45, 2.75) is 13.8 Å². The van der Waals surface area contributed by atoms with Gasteiger partial charge in [0.25, 0.3) is 11.8 Å². The Morgan fingerprint density at radius 1 is 1.00 bits per heavy atom. The number of aryl methyl sites for hydroxylation is 2. The van der Waals surface area contributed by atoms with Crippen LogP contribution >= 0.6 is 22.6 Å². The van der Waals surface area contributed by atoms with E-state index in [1.54, 1.807) is 30.3 Å². The van der Waals surface area contributed by atoms with Crippen LogP contribution in [0.1, 0.15) is 27.4 Å². The number of carbonyl (C=O) groups is 2. The fourth-order valence-corrected chi connectivity index (χ4v) is 3.22. The molecule has 0 fully saturated rings. The molecule has 6 heteroatoms. The van der Waals surface area contributed by atoms with Gasteiger partial charge in [-0.25, -0.2) is 0 Å². The first-order valence-electron chi connectivity index (χ1n) is 8.64. The molecule has 3 aromatic rings. The van der Waals surface area contributed by atoms with Crippen molar-refractivity contribution in [2.24, 2.45) is 0 Å². The number of carbonyl (C=O) groups excluding carboxylic acids is 2. The zero-order valence-electron chi connectivity index (χ0n) is 15.5. The van der Waals surface area contributed by atoms with Crippen LogP contribution in [0, 0.1) is 17.4 Å². The van der Waals surface area contributed by atoms with E-state index in [-0.39, 0.29) is 11.6 Å². The highest BCUT2D eigenvalue weighted by atomic mass is 127. The third kappa shape index (κ3) is 5.10. The van der Waals surface area contributed by atoms with Crippen molar-refractivity contribution >= 4 is 46.2 Å². The summed E-state index contributed by atoms with van der Waals surface area (Å²) >= 11 is 2.09. The number of amides is 2. The summed E-state index contributed by atoms with van der Waals surface area (Å²) in [6.07, 6.45) is 1.52. The second-order valence-electron chi connectivity index (χ2n) is 6.26. The van der Waals surface area contributed by atoms with E-state index in [0.717, 1.165) is 9.13 Å². The van der Waals surface area contributed by atoms with E-state index in [1.165, 1.54) is 6.08 Å². The van der Waals surface area contributed by atoms with E-state index < -0.39 is 5.91 Å². The van der Waals surface area contributed by atoms with Crippen LogP contribution in [-0.4, -0.2) is 11.8 Å². The van der Waals surface area contributed by atoms with Gasteiger partial charge < -0.3 is 15.1 Å². The summed E-state index contributed by atoms with van der Waals surface area (Å²) in [6.45, 7) is 3.76. The Kier molecular flexibility index (Phi) is 6.30. The summed E-state index contributed by atoms with van der Waals surface area (Å²) in [5.74, 6) is 0.404. The first-order valence-corrected chi connectivity index (χ1v) is 9.72. The van der Waals surface area contributed by atoms with Gasteiger partial charge in [-0.2, -0.15) is 0 Å². The molecule has 2 aromatic carbocycles. The average molecular weight is 486 g/mol. The van der Waals surface area contributed by atoms with Crippen molar-refractivity contribution in [1.29, 1.82) is 0 Å². The molecule has 0 saturated carbocycles. The Bertz CT molecular complexity index is 1050. The maximum atomic E-state index is 12.8. The molecule has 2 N–H and O–H groups in total. The van der Waals surface area contributed by atoms with Crippen LogP contribution in [0.5, 0.6) is 0 Å². The van der Waals surface area contributed by atoms with Gasteiger partial charge in [-0.05, 0) is 78.4 Å². The minimum Gasteiger partial charge on any atom is -0.462 e. The van der Waals surface area contributed by atoms with Crippen LogP contribution < -0.4 is 10.6 Å². The Morgan fingerprint density at radius 2 is 1.79 bits per heavy atom. The number of rotatable bonds is 5. The third-order valence-electron chi connectivity index (χ3n) is 3.93. The Hall–Kier alpha value is -2.87. The molecule has 0 aliphatic carbocycles. The molecule has 0 unspecified atom stereocenters. The van der Waals surface area contributed by atoms with Gasteiger partial charge in [-0.3, -0.25) is 9.59 Å². The first kappa shape index (κ1) is 19.9. The van der Waals surface area contributed by atoms with Crippen molar-refractivity contribution in [3.8, 4) is 0 Å². The second-order valence-corrected chi connectivity index (χ2v) is 7.43. The first-order chi connectivity index (χ1) is 13.4. The van der Waals surface area contributed by atoms with Crippen molar-refractivity contribution in [3.05, 3.63) is 92.6 Å². The maximum absolute atomic E-state index is 12.8. The summed E-state index contributed by atoms with van der Waals surface area (Å²) < 4.78 is 6.33. The third-order valence-corrected chi connectivity index (χ3v) is 4.88. The van der Waals surface area contributed by atoms with E-state index in [2.05, 4.69) is 33.2 Å². The lowest BCUT2D eigenvalue weighted by molar-refractivity contribution is -0.113. The van der Waals surface area contributed by atoms with Gasteiger partial charge in [0, 0.05) is 15.3 Å². The summed E-state index contributed by atoms with van der Waals surface area (Å²) in [6, 6.07) is 18.2. The van der Waals surface area contributed by atoms with Crippen LogP contribution in [0.15, 0.2) is 70.8 Å². The highest BCUT2D eigenvalue weighted by Gasteiger charge is 2.17. The number of benzene rings is 2. The highest BCUT2D eigenvalue weighted by Crippen LogP contribution is 2.16. The molecular formula is C22H19IN2O3. The van der Waals surface area contributed by atoms with Crippen molar-refractivity contribution < 1.29 is 14.0 Å². The van der Waals surface area contributed by atoms with Crippen molar-refractivity contribution in [2.75, 3.05) is 5.32 Å². The van der Waals surface area contributed by atoms with Gasteiger partial charge in [0.05, 0.1) is 5.56 Å². The lowest BCUT2D eigenvalue weighted by Crippen LogP contribution is -2.31. The molecule has 5 nitrogen and oxygen atoms in total. The van der Waals surface area contributed by atoms with Gasteiger partial charge in [-0.15, -0.1) is 0 Å². The summed E-state index contributed by atoms with van der Waals surface area (Å²) in [7, 11) is 0. The molecule has 28 heavy (non-hydrogen) atoms. The number of halogens is 1. The molecule has 0 bridgehead atoms. The molecule has 2 amide bonds. The summed E-state index contributed by atoms with van der Waals surface area (Å²) in [4.78, 5) is 25.6. The van der Waals surface area contributed by atoms with Crippen LogP contribution in [0.2, 0.25) is 0 Å². The lowest BCUT2D eigenvalue weighted by Gasteiger charge is -2.12. The molecule has 0 aliphatic rings. The Morgan fingerprint density at radius 3 is 2.46 bits per heavy atom. The largest absolute Gasteiger partial charge is 0.462 e. The molecular weight excluding hydrogens is 467 g/mol. The van der Waals surface area contributed by atoms with Crippen molar-refractivity contribution in [1.82, 2.24) is 5.32 Å². The van der Waals surface area contributed by atoms with E-state index in [1.807, 2.05) is 44.2 Å². The second kappa shape index (κ2) is 8.88. The number of nitrogens with one attached hydrogen (secondary N) is 2. The number of furan rings is 1. The predicted octanol–water partition coefficient (Wildman–Crippen LogP) is 4.91. The fourth-order valence-electron chi connectivity index (χ4n) is 2.59. The molecule has 0 saturated heterocycles. The smallest absolute Gasteiger partial charge is 0.272 e. The normalized spacial score (nSPS) is 11.2. The minimum absolute atomic E-state index is 0.0977. The molecule has 3 rings (SSSR count). The summed E-state index contributed by atoms with van der Waals surface area (Å²) in [5, 5.41) is 5.53. The maximum Gasteiger partial charge on any atom is 0.272 e. The van der Waals surface area contributed by atoms with E-state index in [0.29, 0.717) is 22.8 Å². The molecule has 0 aliphatic heterocycles. The standard InChI is InChI=1S/C22H19IN2O3/c1-14-6-5-7-16(12-14)24-22(27)20(13-17-11-10-15(2)28-17)25-21(26)18-8-3-4-9-19(18)23/h3-13H,1-2H3,(H,24,27)(H,25,26)/b20-13+. The minimum atomic E-state index is -0.432.